The summed E-state index contributed by atoms with van der Waals surface area (Å²) in [5.41, 5.74) is 0.563. The molecular formula is C16H22N2O4. The third kappa shape index (κ3) is 3.39. The van der Waals surface area contributed by atoms with Gasteiger partial charge in [0.25, 0.3) is 5.91 Å². The average molecular weight is 306 g/mol. The van der Waals surface area contributed by atoms with Gasteiger partial charge in [-0.2, -0.15) is 0 Å². The molecular weight excluding hydrogens is 284 g/mol. The van der Waals surface area contributed by atoms with Crippen LogP contribution in [0.1, 0.15) is 10.4 Å². The molecule has 22 heavy (non-hydrogen) atoms. The number of benzene rings is 1. The molecule has 0 bridgehead atoms. The fourth-order valence-electron chi connectivity index (χ4n) is 2.84. The Bertz CT molecular complexity index is 547. The van der Waals surface area contributed by atoms with E-state index in [0.29, 0.717) is 31.0 Å². The maximum Gasteiger partial charge on any atom is 0.254 e. The number of amides is 2. The van der Waals surface area contributed by atoms with E-state index in [1.807, 2.05) is 0 Å². The molecule has 1 aliphatic rings. The molecule has 0 spiro atoms. The first-order valence-corrected chi connectivity index (χ1v) is 7.24. The van der Waals surface area contributed by atoms with Crippen LogP contribution in [0.4, 0.5) is 0 Å². The lowest BCUT2D eigenvalue weighted by Gasteiger charge is -2.16. The highest BCUT2D eigenvalue weighted by molar-refractivity contribution is 5.95. The summed E-state index contributed by atoms with van der Waals surface area (Å²) >= 11 is 0. The first-order chi connectivity index (χ1) is 10.6. The fourth-order valence-corrected chi connectivity index (χ4v) is 2.84. The van der Waals surface area contributed by atoms with Crippen molar-refractivity contribution in [1.82, 2.24) is 10.2 Å². The Morgan fingerprint density at radius 2 is 2.09 bits per heavy atom. The van der Waals surface area contributed by atoms with Crippen LogP contribution in [-0.4, -0.2) is 57.7 Å². The van der Waals surface area contributed by atoms with Crippen molar-refractivity contribution in [2.75, 3.05) is 41.0 Å². The van der Waals surface area contributed by atoms with Crippen LogP contribution in [0, 0.1) is 11.8 Å². The predicted molar refractivity (Wildman–Crippen MR) is 81.8 cm³/mol. The van der Waals surface area contributed by atoms with Gasteiger partial charge in [-0.3, -0.25) is 9.59 Å². The number of rotatable bonds is 5. The van der Waals surface area contributed by atoms with Crippen molar-refractivity contribution in [1.29, 1.82) is 0 Å². The summed E-state index contributed by atoms with van der Waals surface area (Å²) in [5, 5.41) is 2.66. The van der Waals surface area contributed by atoms with E-state index in [4.69, 9.17) is 9.47 Å². The first-order valence-electron chi connectivity index (χ1n) is 7.24. The molecule has 6 heteroatoms. The molecule has 2 amide bonds. The third-order valence-corrected chi connectivity index (χ3v) is 4.01. The second-order valence-corrected chi connectivity index (χ2v) is 5.38. The zero-order valence-corrected chi connectivity index (χ0v) is 13.2. The van der Waals surface area contributed by atoms with Crippen molar-refractivity contribution in [3.8, 4) is 5.75 Å². The van der Waals surface area contributed by atoms with Gasteiger partial charge in [-0.05, 0) is 18.2 Å². The smallest absolute Gasteiger partial charge is 0.254 e. The Hall–Kier alpha value is -2.08. The minimum absolute atomic E-state index is 0.0134. The second kappa shape index (κ2) is 7.26. The number of nitrogens with one attached hydrogen (secondary N) is 1. The van der Waals surface area contributed by atoms with Gasteiger partial charge < -0.3 is 19.7 Å². The van der Waals surface area contributed by atoms with Crippen molar-refractivity contribution in [2.45, 2.75) is 0 Å². The number of likely N-dealkylation sites (tertiary alicyclic amines) is 1. The number of ether oxygens (including phenoxy) is 2. The minimum atomic E-state index is -0.237. The molecule has 2 atom stereocenters. The lowest BCUT2D eigenvalue weighted by atomic mass is 9.96. The Balaban J connectivity index is 2.15. The van der Waals surface area contributed by atoms with E-state index < -0.39 is 0 Å². The average Bonchev–Trinajstić information content (AvgIpc) is 2.97. The van der Waals surface area contributed by atoms with E-state index >= 15 is 0 Å². The number of carbonyl (C=O) groups is 2. The van der Waals surface area contributed by atoms with Gasteiger partial charge in [-0.15, -0.1) is 0 Å². The molecule has 0 saturated carbocycles. The molecule has 1 aromatic carbocycles. The molecule has 120 valence electrons. The van der Waals surface area contributed by atoms with Gasteiger partial charge in [0.05, 0.1) is 19.6 Å². The third-order valence-electron chi connectivity index (χ3n) is 4.01. The van der Waals surface area contributed by atoms with Gasteiger partial charge in [-0.25, -0.2) is 0 Å². The number of hydrogen-bond donors (Lipinski definition) is 1. The van der Waals surface area contributed by atoms with Crippen LogP contribution in [0.3, 0.4) is 0 Å². The summed E-state index contributed by atoms with van der Waals surface area (Å²) in [6.07, 6.45) is 0. The largest absolute Gasteiger partial charge is 0.497 e. The van der Waals surface area contributed by atoms with Crippen LogP contribution >= 0.6 is 0 Å². The number of carbonyl (C=O) groups excluding carboxylic acids is 2. The van der Waals surface area contributed by atoms with E-state index in [1.54, 1.807) is 50.4 Å². The number of nitrogens with zero attached hydrogens (tertiary/aromatic N) is 1. The van der Waals surface area contributed by atoms with Crippen molar-refractivity contribution in [3.63, 3.8) is 0 Å². The lowest BCUT2D eigenvalue weighted by Crippen LogP contribution is -2.34. The van der Waals surface area contributed by atoms with Gasteiger partial charge >= 0.3 is 0 Å². The molecule has 1 fully saturated rings. The van der Waals surface area contributed by atoms with Gasteiger partial charge in [0.2, 0.25) is 5.91 Å². The van der Waals surface area contributed by atoms with Crippen molar-refractivity contribution >= 4 is 11.8 Å². The van der Waals surface area contributed by atoms with Gasteiger partial charge in [-0.1, -0.05) is 6.07 Å². The van der Waals surface area contributed by atoms with Crippen LogP contribution < -0.4 is 10.1 Å². The van der Waals surface area contributed by atoms with Crippen molar-refractivity contribution < 1.29 is 19.1 Å². The summed E-state index contributed by atoms with van der Waals surface area (Å²) in [4.78, 5) is 26.3. The molecule has 0 unspecified atom stereocenters. The fraction of sp³-hybridized carbons (Fsp3) is 0.500. The normalized spacial score (nSPS) is 20.8. The Labute approximate surface area is 130 Å². The molecule has 0 radical (unpaired) electrons. The lowest BCUT2D eigenvalue weighted by molar-refractivity contribution is -0.125. The number of methoxy groups -OCH3 is 2. The molecule has 1 aliphatic heterocycles. The van der Waals surface area contributed by atoms with E-state index in [1.165, 1.54) is 0 Å². The standard InChI is InChI=1S/C16H22N2O4/c1-17-15(19)14-9-18(8-12(14)10-21-2)16(20)11-5-4-6-13(7-11)22-3/h4-7,12,14H,8-10H2,1-3H3,(H,17,19)/t12-,14+/m0/s1. The molecule has 0 aliphatic carbocycles. The Kier molecular flexibility index (Phi) is 5.38. The summed E-state index contributed by atoms with van der Waals surface area (Å²) < 4.78 is 10.3. The molecule has 6 nitrogen and oxygen atoms in total. The predicted octanol–water partition coefficient (Wildman–Crippen LogP) is 0.776. The topological polar surface area (TPSA) is 67.9 Å². The van der Waals surface area contributed by atoms with E-state index in [9.17, 15) is 9.59 Å². The molecule has 0 aromatic heterocycles. The maximum absolute atomic E-state index is 12.6. The van der Waals surface area contributed by atoms with Gasteiger partial charge in [0, 0.05) is 38.7 Å². The maximum atomic E-state index is 12.6. The van der Waals surface area contributed by atoms with Crippen LogP contribution in [0.15, 0.2) is 24.3 Å². The highest BCUT2D eigenvalue weighted by Gasteiger charge is 2.39. The van der Waals surface area contributed by atoms with Crippen molar-refractivity contribution in [3.05, 3.63) is 29.8 Å². The highest BCUT2D eigenvalue weighted by atomic mass is 16.5. The molecule has 1 aromatic rings. The van der Waals surface area contributed by atoms with Gasteiger partial charge in [0.15, 0.2) is 0 Å². The van der Waals surface area contributed by atoms with E-state index in [0.717, 1.165) is 0 Å². The van der Waals surface area contributed by atoms with Crippen LogP contribution in [0.2, 0.25) is 0 Å². The SMILES string of the molecule is CNC(=O)[C@@H]1CN(C(=O)c2cccc(OC)c2)C[C@H]1COC. The highest BCUT2D eigenvalue weighted by Crippen LogP contribution is 2.26. The molecule has 1 N–H and O–H groups in total. The second-order valence-electron chi connectivity index (χ2n) is 5.38. The first kappa shape index (κ1) is 16.3. The molecule has 1 saturated heterocycles. The Morgan fingerprint density at radius 3 is 2.73 bits per heavy atom. The quantitative estimate of drug-likeness (QED) is 0.873. The number of hydrogen-bond acceptors (Lipinski definition) is 4. The van der Waals surface area contributed by atoms with Crippen LogP contribution in [-0.2, 0) is 9.53 Å². The van der Waals surface area contributed by atoms with Crippen LogP contribution in [0.5, 0.6) is 5.75 Å². The van der Waals surface area contributed by atoms with E-state index in [2.05, 4.69) is 5.32 Å². The zero-order chi connectivity index (χ0) is 16.1. The zero-order valence-electron chi connectivity index (χ0n) is 13.2. The van der Waals surface area contributed by atoms with E-state index in [-0.39, 0.29) is 23.7 Å². The summed E-state index contributed by atoms with van der Waals surface area (Å²) in [6.45, 7) is 1.38. The monoisotopic (exact) mass is 306 g/mol. The Morgan fingerprint density at radius 1 is 1.32 bits per heavy atom. The summed E-state index contributed by atoms with van der Waals surface area (Å²) in [7, 11) is 4.78. The summed E-state index contributed by atoms with van der Waals surface area (Å²) in [6, 6.07) is 7.04. The minimum Gasteiger partial charge on any atom is -0.497 e. The van der Waals surface area contributed by atoms with Crippen molar-refractivity contribution in [2.24, 2.45) is 11.8 Å². The van der Waals surface area contributed by atoms with Crippen LogP contribution in [0.25, 0.3) is 0 Å². The molecule has 1 heterocycles. The van der Waals surface area contributed by atoms with Gasteiger partial charge in [0.1, 0.15) is 5.75 Å². The summed E-state index contributed by atoms with van der Waals surface area (Å²) in [5.74, 6) is 0.273. The molecule has 2 rings (SSSR count).